The van der Waals surface area contributed by atoms with Gasteiger partial charge in [0.1, 0.15) is 17.4 Å². The zero-order valence-electron chi connectivity index (χ0n) is 16.6. The number of carbonyl (C=O) groups excluding carboxylic acids is 2. The molecule has 1 aromatic rings. The van der Waals surface area contributed by atoms with Crippen LogP contribution in [0.5, 0.6) is 5.75 Å². The lowest BCUT2D eigenvalue weighted by Crippen LogP contribution is -2.48. The van der Waals surface area contributed by atoms with E-state index in [1.54, 1.807) is 32.9 Å². The topological polar surface area (TPSA) is 64.6 Å². The van der Waals surface area contributed by atoms with Gasteiger partial charge >= 0.3 is 12.1 Å². The number of esters is 1. The lowest BCUT2D eigenvalue weighted by atomic mass is 9.87. The average Bonchev–Trinajstić information content (AvgIpc) is 2.42. The minimum atomic E-state index is -0.763. The van der Waals surface area contributed by atoms with E-state index in [1.807, 2.05) is 26.0 Å². The van der Waals surface area contributed by atoms with E-state index in [0.717, 1.165) is 5.56 Å². The average molecular weight is 349 g/mol. The Morgan fingerprint density at radius 1 is 0.960 bits per heavy atom. The van der Waals surface area contributed by atoms with Gasteiger partial charge in [-0.2, -0.15) is 0 Å². The van der Waals surface area contributed by atoms with E-state index in [0.29, 0.717) is 5.75 Å². The predicted octanol–water partition coefficient (Wildman–Crippen LogP) is 4.44. The summed E-state index contributed by atoms with van der Waals surface area (Å²) >= 11 is 0. The summed E-state index contributed by atoms with van der Waals surface area (Å²) in [5.74, 6) is -0.162. The molecule has 0 saturated carbocycles. The third-order valence-corrected chi connectivity index (χ3v) is 3.53. The van der Waals surface area contributed by atoms with Gasteiger partial charge in [0.05, 0.1) is 0 Å². The molecule has 0 bridgehead atoms. The summed E-state index contributed by atoms with van der Waals surface area (Å²) in [5, 5.41) is 2.60. The van der Waals surface area contributed by atoms with Crippen LogP contribution >= 0.6 is 0 Å². The van der Waals surface area contributed by atoms with Crippen molar-refractivity contribution in [1.29, 1.82) is 0 Å². The third-order valence-electron chi connectivity index (χ3n) is 3.53. The number of benzene rings is 1. The van der Waals surface area contributed by atoms with Crippen LogP contribution in [0.15, 0.2) is 24.3 Å². The van der Waals surface area contributed by atoms with Gasteiger partial charge in [-0.1, -0.05) is 46.8 Å². The van der Waals surface area contributed by atoms with Gasteiger partial charge in [0.25, 0.3) is 0 Å². The summed E-state index contributed by atoms with van der Waals surface area (Å²) < 4.78 is 10.6. The molecule has 1 amide bonds. The summed E-state index contributed by atoms with van der Waals surface area (Å²) in [7, 11) is 0. The van der Waals surface area contributed by atoms with Crippen molar-refractivity contribution in [2.45, 2.75) is 72.4 Å². The van der Waals surface area contributed by atoms with Crippen LogP contribution < -0.4 is 10.1 Å². The van der Waals surface area contributed by atoms with Crippen LogP contribution in [-0.4, -0.2) is 23.7 Å². The van der Waals surface area contributed by atoms with Crippen LogP contribution in [0.4, 0.5) is 4.79 Å². The van der Waals surface area contributed by atoms with Crippen LogP contribution in [0.2, 0.25) is 0 Å². The molecule has 0 aliphatic rings. The molecule has 0 aliphatic carbocycles. The number of hydrogen-bond donors (Lipinski definition) is 1. The minimum absolute atomic E-state index is 0.0280. The molecule has 1 N–H and O–H groups in total. The van der Waals surface area contributed by atoms with E-state index in [4.69, 9.17) is 9.47 Å². The zero-order valence-corrected chi connectivity index (χ0v) is 16.6. The van der Waals surface area contributed by atoms with Crippen molar-refractivity contribution in [2.75, 3.05) is 0 Å². The first-order valence-electron chi connectivity index (χ1n) is 8.61. The first-order chi connectivity index (χ1) is 11.3. The van der Waals surface area contributed by atoms with Crippen molar-refractivity contribution in [2.24, 2.45) is 5.92 Å². The highest BCUT2D eigenvalue weighted by atomic mass is 16.6. The van der Waals surface area contributed by atoms with Crippen LogP contribution in [-0.2, 0) is 14.9 Å². The summed E-state index contributed by atoms with van der Waals surface area (Å²) in [4.78, 5) is 24.4. The molecule has 0 unspecified atom stereocenters. The fraction of sp³-hybridized carbons (Fsp3) is 0.600. The van der Waals surface area contributed by atoms with Gasteiger partial charge < -0.3 is 14.8 Å². The maximum Gasteiger partial charge on any atom is 0.413 e. The van der Waals surface area contributed by atoms with Gasteiger partial charge in [-0.3, -0.25) is 0 Å². The third kappa shape index (κ3) is 7.16. The Hall–Kier alpha value is -2.04. The summed E-state index contributed by atoms with van der Waals surface area (Å²) in [6.07, 6.45) is -0.673. The number of rotatable bonds is 4. The normalized spacial score (nSPS) is 13.3. The maximum atomic E-state index is 12.3. The zero-order chi connectivity index (χ0) is 19.4. The lowest BCUT2D eigenvalue weighted by Gasteiger charge is -2.26. The molecule has 1 aromatic carbocycles. The van der Waals surface area contributed by atoms with E-state index < -0.39 is 23.7 Å². The number of amides is 1. The van der Waals surface area contributed by atoms with Gasteiger partial charge in [-0.15, -0.1) is 0 Å². The summed E-state index contributed by atoms with van der Waals surface area (Å²) in [6.45, 7) is 15.4. The summed E-state index contributed by atoms with van der Waals surface area (Å²) in [5.41, 5.74) is 0.563. The standard InChI is InChI=1S/C20H31NO4/c1-13(2)16(17(22)25-20(6,7)8)21-18(23)24-15-11-9-14(10-12-15)19(3,4)5/h9-13,16H,1-8H3,(H,21,23)/t16-/m0/s1. The Labute approximate surface area is 151 Å². The number of nitrogens with one attached hydrogen (secondary N) is 1. The molecule has 0 aromatic heterocycles. The predicted molar refractivity (Wildman–Crippen MR) is 98.8 cm³/mol. The monoisotopic (exact) mass is 349 g/mol. The van der Waals surface area contributed by atoms with Crippen LogP contribution in [0.3, 0.4) is 0 Å². The van der Waals surface area contributed by atoms with E-state index in [1.165, 1.54) is 0 Å². The first kappa shape index (κ1) is 21.0. The maximum absolute atomic E-state index is 12.3. The number of hydrogen-bond acceptors (Lipinski definition) is 4. The van der Waals surface area contributed by atoms with Crippen molar-refractivity contribution in [3.05, 3.63) is 29.8 Å². The van der Waals surface area contributed by atoms with Gasteiger partial charge in [0.15, 0.2) is 0 Å². The second kappa shape index (κ2) is 7.89. The Morgan fingerprint density at radius 3 is 1.88 bits per heavy atom. The summed E-state index contributed by atoms with van der Waals surface area (Å²) in [6, 6.07) is 6.59. The van der Waals surface area contributed by atoms with E-state index in [2.05, 4.69) is 26.1 Å². The molecular weight excluding hydrogens is 318 g/mol. The number of ether oxygens (including phenoxy) is 2. The van der Waals surface area contributed by atoms with Gasteiger partial charge in [-0.25, -0.2) is 9.59 Å². The second-order valence-corrected chi connectivity index (χ2v) is 8.56. The van der Waals surface area contributed by atoms with Gasteiger partial charge in [-0.05, 0) is 49.8 Å². The quantitative estimate of drug-likeness (QED) is 0.816. The molecule has 0 aliphatic heterocycles. The molecule has 0 radical (unpaired) electrons. The highest BCUT2D eigenvalue weighted by Gasteiger charge is 2.29. The SMILES string of the molecule is CC(C)[C@H](NC(=O)Oc1ccc(C(C)(C)C)cc1)C(=O)OC(C)(C)C. The van der Waals surface area contributed by atoms with E-state index in [9.17, 15) is 9.59 Å². The van der Waals surface area contributed by atoms with Crippen LogP contribution in [0.25, 0.3) is 0 Å². The molecular formula is C20H31NO4. The van der Waals surface area contributed by atoms with Gasteiger partial charge in [0, 0.05) is 0 Å². The number of carbonyl (C=O) groups is 2. The molecule has 0 spiro atoms. The van der Waals surface area contributed by atoms with E-state index >= 15 is 0 Å². The second-order valence-electron chi connectivity index (χ2n) is 8.56. The fourth-order valence-electron chi connectivity index (χ4n) is 2.15. The smallest absolute Gasteiger partial charge is 0.413 e. The molecule has 0 saturated heterocycles. The Bertz CT molecular complexity index is 592. The molecule has 0 fully saturated rings. The molecule has 5 heteroatoms. The van der Waals surface area contributed by atoms with Crippen molar-refractivity contribution >= 4 is 12.1 Å². The fourth-order valence-corrected chi connectivity index (χ4v) is 2.15. The van der Waals surface area contributed by atoms with Crippen molar-refractivity contribution in [3.63, 3.8) is 0 Å². The molecule has 0 heterocycles. The molecule has 1 atom stereocenters. The Balaban J connectivity index is 2.74. The lowest BCUT2D eigenvalue weighted by molar-refractivity contribution is -0.158. The highest BCUT2D eigenvalue weighted by molar-refractivity contribution is 5.82. The molecule has 25 heavy (non-hydrogen) atoms. The van der Waals surface area contributed by atoms with Crippen molar-refractivity contribution < 1.29 is 19.1 Å². The molecule has 140 valence electrons. The molecule has 5 nitrogen and oxygen atoms in total. The minimum Gasteiger partial charge on any atom is -0.458 e. The van der Waals surface area contributed by atoms with E-state index in [-0.39, 0.29) is 11.3 Å². The van der Waals surface area contributed by atoms with Crippen molar-refractivity contribution in [1.82, 2.24) is 5.32 Å². The van der Waals surface area contributed by atoms with Crippen LogP contribution in [0.1, 0.15) is 61.0 Å². The van der Waals surface area contributed by atoms with Crippen molar-refractivity contribution in [3.8, 4) is 5.75 Å². The highest BCUT2D eigenvalue weighted by Crippen LogP contribution is 2.24. The first-order valence-corrected chi connectivity index (χ1v) is 8.61. The Morgan fingerprint density at radius 2 is 1.48 bits per heavy atom. The van der Waals surface area contributed by atoms with Crippen LogP contribution in [0, 0.1) is 5.92 Å². The largest absolute Gasteiger partial charge is 0.458 e. The Kier molecular flexibility index (Phi) is 6.63. The van der Waals surface area contributed by atoms with Gasteiger partial charge in [0.2, 0.25) is 0 Å². The molecule has 1 rings (SSSR count).